The third-order valence-corrected chi connectivity index (χ3v) is 3.88. The van der Waals surface area contributed by atoms with Crippen LogP contribution in [0.4, 0.5) is 17.1 Å². The number of nitrogens with one attached hydrogen (secondary N) is 1. The Morgan fingerprint density at radius 1 is 1.12 bits per heavy atom. The maximum absolute atomic E-state index is 12.4. The number of carbonyl (C=O) groups is 1. The van der Waals surface area contributed by atoms with E-state index < -0.39 is 0 Å². The number of carbonyl (C=O) groups excluding carboxylic acids is 1. The van der Waals surface area contributed by atoms with E-state index >= 15 is 0 Å². The third kappa shape index (κ3) is 4.89. The molecule has 0 aliphatic heterocycles. The Balaban J connectivity index is 2.08. The monoisotopic (exact) mass is 341 g/mol. The molecular formula is C20H27N3O2. The van der Waals surface area contributed by atoms with Crippen molar-refractivity contribution >= 4 is 23.0 Å². The number of amides is 1. The molecule has 0 saturated heterocycles. The highest BCUT2D eigenvalue weighted by Crippen LogP contribution is 2.26. The van der Waals surface area contributed by atoms with Crippen molar-refractivity contribution < 1.29 is 9.53 Å². The van der Waals surface area contributed by atoms with Gasteiger partial charge in [0.1, 0.15) is 5.75 Å². The molecule has 2 aromatic rings. The smallest absolute Gasteiger partial charge is 0.255 e. The van der Waals surface area contributed by atoms with Crippen LogP contribution < -0.4 is 20.7 Å². The second kappa shape index (κ2) is 8.42. The zero-order valence-electron chi connectivity index (χ0n) is 15.4. The first-order valence-electron chi connectivity index (χ1n) is 8.67. The molecule has 0 unspecified atom stereocenters. The summed E-state index contributed by atoms with van der Waals surface area (Å²) in [5.74, 6) is 0.574. The van der Waals surface area contributed by atoms with Crippen LogP contribution in [0.15, 0.2) is 42.5 Å². The Hall–Kier alpha value is -2.69. The van der Waals surface area contributed by atoms with Crippen LogP contribution in [-0.4, -0.2) is 25.1 Å². The van der Waals surface area contributed by atoms with Gasteiger partial charge in [-0.1, -0.05) is 0 Å². The van der Waals surface area contributed by atoms with E-state index in [1.54, 1.807) is 30.3 Å². The normalized spacial score (nSPS) is 10.6. The van der Waals surface area contributed by atoms with Crippen LogP contribution in [0.1, 0.15) is 38.1 Å². The van der Waals surface area contributed by atoms with E-state index in [9.17, 15) is 4.79 Å². The molecule has 0 heterocycles. The molecule has 1 amide bonds. The van der Waals surface area contributed by atoms with Crippen molar-refractivity contribution in [3.8, 4) is 5.75 Å². The van der Waals surface area contributed by atoms with Crippen LogP contribution in [0.3, 0.4) is 0 Å². The minimum absolute atomic E-state index is 0.104. The van der Waals surface area contributed by atoms with Crippen LogP contribution in [0.5, 0.6) is 5.75 Å². The molecular weight excluding hydrogens is 314 g/mol. The molecule has 2 rings (SSSR count). The standard InChI is InChI=1S/C20H27N3O2/c1-5-23(6-2)19-12-9-16(13-18(19)21)22-20(24)15-7-10-17(11-8-15)25-14(3)4/h7-14H,5-6,21H2,1-4H3,(H,22,24). The van der Waals surface area contributed by atoms with Gasteiger partial charge in [-0.3, -0.25) is 4.79 Å². The molecule has 5 nitrogen and oxygen atoms in total. The van der Waals surface area contributed by atoms with Crippen molar-refractivity contribution in [2.75, 3.05) is 29.0 Å². The van der Waals surface area contributed by atoms with E-state index in [1.165, 1.54) is 0 Å². The first-order valence-corrected chi connectivity index (χ1v) is 8.67. The molecule has 0 aromatic heterocycles. The number of rotatable bonds is 7. The van der Waals surface area contributed by atoms with Gasteiger partial charge in [-0.05, 0) is 70.2 Å². The lowest BCUT2D eigenvalue weighted by Crippen LogP contribution is -2.23. The number of hydrogen-bond donors (Lipinski definition) is 2. The number of nitrogens with two attached hydrogens (primary N) is 1. The summed E-state index contributed by atoms with van der Waals surface area (Å²) in [6.07, 6.45) is 0.104. The summed E-state index contributed by atoms with van der Waals surface area (Å²) in [5.41, 5.74) is 9.04. The van der Waals surface area contributed by atoms with Crippen molar-refractivity contribution in [1.29, 1.82) is 0 Å². The van der Waals surface area contributed by atoms with Gasteiger partial charge in [0, 0.05) is 24.3 Å². The minimum atomic E-state index is -0.175. The van der Waals surface area contributed by atoms with Crippen molar-refractivity contribution in [2.24, 2.45) is 0 Å². The molecule has 0 aliphatic rings. The molecule has 25 heavy (non-hydrogen) atoms. The lowest BCUT2D eigenvalue weighted by atomic mass is 10.2. The van der Waals surface area contributed by atoms with E-state index in [4.69, 9.17) is 10.5 Å². The number of ether oxygens (including phenoxy) is 1. The first-order chi connectivity index (χ1) is 11.9. The van der Waals surface area contributed by atoms with E-state index in [-0.39, 0.29) is 12.0 Å². The molecule has 0 fully saturated rings. The number of benzene rings is 2. The molecule has 0 atom stereocenters. The molecule has 0 bridgehead atoms. The van der Waals surface area contributed by atoms with Gasteiger partial charge < -0.3 is 20.7 Å². The van der Waals surface area contributed by atoms with E-state index in [0.29, 0.717) is 16.9 Å². The lowest BCUT2D eigenvalue weighted by molar-refractivity contribution is 0.102. The zero-order valence-corrected chi connectivity index (χ0v) is 15.4. The van der Waals surface area contributed by atoms with E-state index in [1.807, 2.05) is 26.0 Å². The van der Waals surface area contributed by atoms with Gasteiger partial charge in [0.05, 0.1) is 17.5 Å². The summed E-state index contributed by atoms with van der Waals surface area (Å²) in [7, 11) is 0. The Morgan fingerprint density at radius 3 is 2.28 bits per heavy atom. The maximum atomic E-state index is 12.4. The maximum Gasteiger partial charge on any atom is 0.255 e. The average molecular weight is 341 g/mol. The van der Waals surface area contributed by atoms with Crippen molar-refractivity contribution in [2.45, 2.75) is 33.8 Å². The first kappa shape index (κ1) is 18.6. The summed E-state index contributed by atoms with van der Waals surface area (Å²) < 4.78 is 5.59. The quantitative estimate of drug-likeness (QED) is 0.742. The summed E-state index contributed by atoms with van der Waals surface area (Å²) in [6.45, 7) is 9.88. The highest BCUT2D eigenvalue weighted by atomic mass is 16.5. The fourth-order valence-electron chi connectivity index (χ4n) is 2.64. The van der Waals surface area contributed by atoms with Crippen LogP contribution in [-0.2, 0) is 0 Å². The lowest BCUT2D eigenvalue weighted by Gasteiger charge is -2.23. The highest BCUT2D eigenvalue weighted by molar-refractivity contribution is 6.04. The predicted octanol–water partition coefficient (Wildman–Crippen LogP) is 4.15. The van der Waals surface area contributed by atoms with E-state index in [2.05, 4.69) is 24.1 Å². The van der Waals surface area contributed by atoms with Gasteiger partial charge in [0.2, 0.25) is 0 Å². The number of nitrogen functional groups attached to an aromatic ring is 1. The molecule has 0 spiro atoms. The Labute approximate surface area is 149 Å². The topological polar surface area (TPSA) is 67.6 Å². The van der Waals surface area contributed by atoms with Crippen LogP contribution >= 0.6 is 0 Å². The predicted molar refractivity (Wildman–Crippen MR) is 105 cm³/mol. The molecule has 0 saturated carbocycles. The van der Waals surface area contributed by atoms with Gasteiger partial charge in [0.25, 0.3) is 5.91 Å². The number of anilines is 3. The summed E-state index contributed by atoms with van der Waals surface area (Å²) in [4.78, 5) is 14.6. The van der Waals surface area contributed by atoms with Crippen molar-refractivity contribution in [3.63, 3.8) is 0 Å². The van der Waals surface area contributed by atoms with Gasteiger partial charge in [0.15, 0.2) is 0 Å². The molecule has 134 valence electrons. The average Bonchev–Trinajstić information content (AvgIpc) is 2.57. The Morgan fingerprint density at radius 2 is 1.76 bits per heavy atom. The molecule has 3 N–H and O–H groups in total. The van der Waals surface area contributed by atoms with Crippen molar-refractivity contribution in [1.82, 2.24) is 0 Å². The molecule has 5 heteroatoms. The largest absolute Gasteiger partial charge is 0.491 e. The van der Waals surface area contributed by atoms with E-state index in [0.717, 1.165) is 24.5 Å². The van der Waals surface area contributed by atoms with Crippen LogP contribution in [0.25, 0.3) is 0 Å². The fourth-order valence-corrected chi connectivity index (χ4v) is 2.64. The van der Waals surface area contributed by atoms with Gasteiger partial charge in [-0.2, -0.15) is 0 Å². The Bertz CT molecular complexity index is 707. The number of nitrogens with zero attached hydrogens (tertiary/aromatic N) is 1. The van der Waals surface area contributed by atoms with Gasteiger partial charge in [-0.25, -0.2) is 0 Å². The molecule has 2 aromatic carbocycles. The highest BCUT2D eigenvalue weighted by Gasteiger charge is 2.10. The summed E-state index contributed by atoms with van der Waals surface area (Å²) in [6, 6.07) is 12.7. The summed E-state index contributed by atoms with van der Waals surface area (Å²) in [5, 5.41) is 2.88. The number of hydrogen-bond acceptors (Lipinski definition) is 4. The van der Waals surface area contributed by atoms with Crippen LogP contribution in [0.2, 0.25) is 0 Å². The zero-order chi connectivity index (χ0) is 18.4. The van der Waals surface area contributed by atoms with Gasteiger partial charge in [-0.15, -0.1) is 0 Å². The fraction of sp³-hybridized carbons (Fsp3) is 0.350. The molecule has 0 aliphatic carbocycles. The summed E-state index contributed by atoms with van der Waals surface area (Å²) >= 11 is 0. The Kier molecular flexibility index (Phi) is 6.28. The van der Waals surface area contributed by atoms with Crippen molar-refractivity contribution in [3.05, 3.63) is 48.0 Å². The second-order valence-corrected chi connectivity index (χ2v) is 6.09. The van der Waals surface area contributed by atoms with Gasteiger partial charge >= 0.3 is 0 Å². The minimum Gasteiger partial charge on any atom is -0.491 e. The molecule has 0 radical (unpaired) electrons. The second-order valence-electron chi connectivity index (χ2n) is 6.09. The third-order valence-electron chi connectivity index (χ3n) is 3.88. The SMILES string of the molecule is CCN(CC)c1ccc(NC(=O)c2ccc(OC(C)C)cc2)cc1N. The van der Waals surface area contributed by atoms with Crippen LogP contribution in [0, 0.1) is 0 Å².